The Morgan fingerprint density at radius 1 is 1.10 bits per heavy atom. The van der Waals surface area contributed by atoms with Gasteiger partial charge < -0.3 is 16.4 Å². The van der Waals surface area contributed by atoms with E-state index in [4.69, 9.17) is 5.73 Å². The molecule has 5 atom stereocenters. The lowest BCUT2D eigenvalue weighted by Gasteiger charge is -2.32. The van der Waals surface area contributed by atoms with Crippen LogP contribution in [0.1, 0.15) is 32.1 Å². The quantitative estimate of drug-likeness (QED) is 0.796. The van der Waals surface area contributed by atoms with E-state index in [2.05, 4.69) is 16.7 Å². The Labute approximate surface area is 125 Å². The van der Waals surface area contributed by atoms with E-state index in [1.54, 1.807) is 0 Å². The zero-order chi connectivity index (χ0) is 14.4. The van der Waals surface area contributed by atoms with Crippen molar-refractivity contribution in [3.63, 3.8) is 0 Å². The van der Waals surface area contributed by atoms with Crippen LogP contribution in [-0.2, 0) is 0 Å². The second-order valence-corrected chi connectivity index (χ2v) is 6.97. The minimum Gasteiger partial charge on any atom is -0.382 e. The van der Waals surface area contributed by atoms with Crippen LogP contribution >= 0.6 is 0 Å². The topological polar surface area (TPSA) is 67.2 Å². The molecule has 1 aromatic carbocycles. The summed E-state index contributed by atoms with van der Waals surface area (Å²) in [6.45, 7) is 0. The highest BCUT2D eigenvalue weighted by Gasteiger charge is 2.53. The lowest BCUT2D eigenvalue weighted by Crippen LogP contribution is -2.33. The predicted octanol–water partition coefficient (Wildman–Crippen LogP) is 3.41. The number of urea groups is 1. The highest BCUT2D eigenvalue weighted by atomic mass is 16.2. The smallest absolute Gasteiger partial charge is 0.316 e. The van der Waals surface area contributed by atoms with Crippen molar-refractivity contribution in [1.29, 1.82) is 0 Å². The molecule has 5 unspecified atom stereocenters. The van der Waals surface area contributed by atoms with E-state index < -0.39 is 6.03 Å². The molecule has 21 heavy (non-hydrogen) atoms. The van der Waals surface area contributed by atoms with Crippen molar-refractivity contribution in [1.82, 2.24) is 0 Å². The van der Waals surface area contributed by atoms with Gasteiger partial charge in [-0.15, -0.1) is 0 Å². The largest absolute Gasteiger partial charge is 0.382 e. The van der Waals surface area contributed by atoms with Gasteiger partial charge in [0, 0.05) is 17.4 Å². The van der Waals surface area contributed by atoms with Gasteiger partial charge in [-0.2, -0.15) is 0 Å². The van der Waals surface area contributed by atoms with E-state index in [0.717, 1.165) is 35.0 Å². The average Bonchev–Trinajstić information content (AvgIpc) is 3.09. The van der Waals surface area contributed by atoms with Crippen molar-refractivity contribution in [2.75, 3.05) is 10.6 Å². The molecule has 0 radical (unpaired) electrons. The molecule has 112 valence electrons. The third-order valence-electron chi connectivity index (χ3n) is 5.91. The Bertz CT molecular complexity index is 559. The summed E-state index contributed by atoms with van der Waals surface area (Å²) in [5.74, 6) is 3.80. The van der Waals surface area contributed by atoms with Gasteiger partial charge in [0.15, 0.2) is 0 Å². The van der Waals surface area contributed by atoms with Crippen molar-refractivity contribution in [3.05, 3.63) is 24.3 Å². The standard InChI is InChI=1S/C17H23N3O/c18-17(21)20-12-4-1-3-11(9-12)19-16-8-10-7-15(16)14-6-2-5-13(10)14/h1,3-4,9-10,13-16,19H,2,5-8H2,(H3,18,20,21). The fourth-order valence-electron chi connectivity index (χ4n) is 5.28. The monoisotopic (exact) mass is 285 g/mol. The molecule has 0 spiro atoms. The number of rotatable bonds is 3. The molecule has 0 saturated heterocycles. The normalized spacial score (nSPS) is 36.5. The number of anilines is 2. The van der Waals surface area contributed by atoms with Gasteiger partial charge in [0.05, 0.1) is 0 Å². The summed E-state index contributed by atoms with van der Waals surface area (Å²) in [7, 11) is 0. The molecular formula is C17H23N3O. The Balaban J connectivity index is 1.46. The Morgan fingerprint density at radius 2 is 1.90 bits per heavy atom. The van der Waals surface area contributed by atoms with Crippen molar-refractivity contribution in [2.45, 2.75) is 38.1 Å². The first kappa shape index (κ1) is 13.0. The Morgan fingerprint density at radius 3 is 2.76 bits per heavy atom. The average molecular weight is 285 g/mol. The molecule has 1 aromatic rings. The number of fused-ring (bicyclic) bond motifs is 5. The van der Waals surface area contributed by atoms with Gasteiger partial charge in [0.1, 0.15) is 0 Å². The summed E-state index contributed by atoms with van der Waals surface area (Å²) >= 11 is 0. The first-order chi connectivity index (χ1) is 10.2. The van der Waals surface area contributed by atoms with Crippen LogP contribution in [0.3, 0.4) is 0 Å². The molecule has 0 aliphatic heterocycles. The number of hydrogen-bond donors (Lipinski definition) is 3. The Kier molecular flexibility index (Phi) is 3.05. The highest BCUT2D eigenvalue weighted by molar-refractivity contribution is 5.88. The molecule has 4 N–H and O–H groups in total. The fraction of sp³-hybridized carbons (Fsp3) is 0.588. The maximum absolute atomic E-state index is 10.9. The van der Waals surface area contributed by atoms with Crippen LogP contribution in [0.4, 0.5) is 16.2 Å². The molecule has 4 nitrogen and oxygen atoms in total. The van der Waals surface area contributed by atoms with Gasteiger partial charge in [-0.1, -0.05) is 12.5 Å². The van der Waals surface area contributed by atoms with Gasteiger partial charge in [-0.25, -0.2) is 4.79 Å². The van der Waals surface area contributed by atoms with Crippen LogP contribution in [0, 0.1) is 23.7 Å². The molecule has 0 aromatic heterocycles. The van der Waals surface area contributed by atoms with E-state index >= 15 is 0 Å². The summed E-state index contributed by atoms with van der Waals surface area (Å²) in [5.41, 5.74) is 7.03. The van der Waals surface area contributed by atoms with Crippen LogP contribution in [0.25, 0.3) is 0 Å². The molecule has 3 saturated carbocycles. The van der Waals surface area contributed by atoms with Gasteiger partial charge in [0.25, 0.3) is 0 Å². The third-order valence-corrected chi connectivity index (χ3v) is 5.91. The second kappa shape index (κ2) is 4.93. The lowest BCUT2D eigenvalue weighted by molar-refractivity contribution is 0.243. The number of nitrogens with one attached hydrogen (secondary N) is 2. The molecule has 0 heterocycles. The maximum atomic E-state index is 10.9. The first-order valence-corrected chi connectivity index (χ1v) is 8.14. The number of amides is 2. The van der Waals surface area contributed by atoms with Crippen LogP contribution in [0.5, 0.6) is 0 Å². The van der Waals surface area contributed by atoms with Crippen LogP contribution < -0.4 is 16.4 Å². The molecule has 3 aliphatic carbocycles. The van der Waals surface area contributed by atoms with E-state index in [-0.39, 0.29) is 0 Å². The summed E-state index contributed by atoms with van der Waals surface area (Å²) < 4.78 is 0. The lowest BCUT2D eigenvalue weighted by atomic mass is 9.79. The van der Waals surface area contributed by atoms with E-state index in [9.17, 15) is 4.79 Å². The minimum absolute atomic E-state index is 0.513. The molecule has 2 bridgehead atoms. The van der Waals surface area contributed by atoms with E-state index in [1.807, 2.05) is 18.2 Å². The zero-order valence-corrected chi connectivity index (χ0v) is 12.2. The van der Waals surface area contributed by atoms with E-state index in [1.165, 1.54) is 32.1 Å². The van der Waals surface area contributed by atoms with E-state index in [0.29, 0.717) is 6.04 Å². The summed E-state index contributed by atoms with van der Waals surface area (Å²) in [6.07, 6.45) is 7.09. The zero-order valence-electron chi connectivity index (χ0n) is 12.2. The van der Waals surface area contributed by atoms with Crippen molar-refractivity contribution in [3.8, 4) is 0 Å². The SMILES string of the molecule is NC(=O)Nc1cccc(NC2CC3CC2C2CCCC32)c1. The summed E-state index contributed by atoms with van der Waals surface area (Å²) in [5, 5.41) is 6.35. The molecule has 2 amide bonds. The minimum atomic E-state index is -0.513. The fourth-order valence-corrected chi connectivity index (χ4v) is 5.28. The number of carbonyl (C=O) groups excluding carboxylic acids is 1. The number of carbonyl (C=O) groups is 1. The third kappa shape index (κ3) is 2.27. The van der Waals surface area contributed by atoms with Gasteiger partial charge in [0.2, 0.25) is 0 Å². The molecule has 3 aliphatic rings. The molecule has 3 fully saturated rings. The van der Waals surface area contributed by atoms with Crippen molar-refractivity contribution < 1.29 is 4.79 Å². The molecule has 4 rings (SSSR count). The number of nitrogens with two attached hydrogens (primary N) is 1. The van der Waals surface area contributed by atoms with Crippen LogP contribution in [0.2, 0.25) is 0 Å². The van der Waals surface area contributed by atoms with Gasteiger partial charge in [-0.05, 0) is 67.6 Å². The molecule has 4 heteroatoms. The summed E-state index contributed by atoms with van der Waals surface area (Å²) in [6, 6.07) is 7.97. The first-order valence-electron chi connectivity index (χ1n) is 8.14. The number of primary amides is 1. The second-order valence-electron chi connectivity index (χ2n) is 6.97. The number of hydrogen-bond acceptors (Lipinski definition) is 2. The molecular weight excluding hydrogens is 262 g/mol. The van der Waals surface area contributed by atoms with Crippen molar-refractivity contribution in [2.24, 2.45) is 29.4 Å². The highest BCUT2D eigenvalue weighted by Crippen LogP contribution is 2.59. The van der Waals surface area contributed by atoms with Gasteiger partial charge in [-0.3, -0.25) is 0 Å². The summed E-state index contributed by atoms with van der Waals surface area (Å²) in [4.78, 5) is 10.9. The predicted molar refractivity (Wildman–Crippen MR) is 84.1 cm³/mol. The van der Waals surface area contributed by atoms with Crippen LogP contribution in [0.15, 0.2) is 24.3 Å². The van der Waals surface area contributed by atoms with Crippen LogP contribution in [-0.4, -0.2) is 12.1 Å². The van der Waals surface area contributed by atoms with Gasteiger partial charge >= 0.3 is 6.03 Å². The number of benzene rings is 1. The Hall–Kier alpha value is -1.71. The maximum Gasteiger partial charge on any atom is 0.316 e. The van der Waals surface area contributed by atoms with Crippen molar-refractivity contribution >= 4 is 17.4 Å².